The predicted octanol–water partition coefficient (Wildman–Crippen LogP) is 3.55. The molecule has 0 spiro atoms. The van der Waals surface area contributed by atoms with Crippen molar-refractivity contribution in [2.24, 2.45) is 5.10 Å². The largest absolute Gasteiger partial charge is 0.286 e. The second-order valence-corrected chi connectivity index (χ2v) is 4.06. The Morgan fingerprint density at radius 2 is 1.94 bits per heavy atom. The van der Waals surface area contributed by atoms with E-state index >= 15 is 0 Å². The molecule has 0 fully saturated rings. The number of hydrogen-bond donors (Lipinski definition) is 1. The summed E-state index contributed by atoms with van der Waals surface area (Å²) in [6.07, 6.45) is 9.10. The monoisotopic (exact) mass is 228 g/mol. The van der Waals surface area contributed by atoms with E-state index in [4.69, 9.17) is 0 Å². The Morgan fingerprint density at radius 3 is 2.88 bits per heavy atom. The lowest BCUT2D eigenvalue weighted by molar-refractivity contribution is 0.980. The van der Waals surface area contributed by atoms with Crippen LogP contribution < -0.4 is 5.43 Å². The number of allylic oxidation sites excluding steroid dienone is 3. The van der Waals surface area contributed by atoms with Crippen molar-refractivity contribution >= 4 is 27.6 Å². The second-order valence-electron chi connectivity index (χ2n) is 3.11. The quantitative estimate of drug-likeness (QED) is 0.732. The third-order valence-corrected chi connectivity index (χ3v) is 2.89. The minimum atomic E-state index is 1.35. The van der Waals surface area contributed by atoms with Gasteiger partial charge in [-0.3, -0.25) is 5.43 Å². The topological polar surface area (TPSA) is 24.4 Å². The first-order valence-corrected chi connectivity index (χ1v) is 5.87. The maximum absolute atomic E-state index is 3.72. The van der Waals surface area contributed by atoms with Crippen molar-refractivity contribution < 1.29 is 0 Å². The van der Waals surface area contributed by atoms with Crippen LogP contribution >= 0.6 is 11.3 Å². The Kier molecular flexibility index (Phi) is 3.91. The normalized spacial score (nSPS) is 12.8. The number of rotatable bonds is 0. The van der Waals surface area contributed by atoms with Gasteiger partial charge in [0.05, 0.1) is 0 Å². The molecule has 2 nitrogen and oxygen atoms in total. The summed E-state index contributed by atoms with van der Waals surface area (Å²) in [6, 6.07) is 10.5. The molecule has 0 bridgehead atoms. The van der Waals surface area contributed by atoms with Crippen LogP contribution in [0.4, 0.5) is 0 Å². The molecule has 0 saturated carbocycles. The standard InChI is InChI=1S/C8H6S.C5H6N2/c1-2-4-8-7(3-1)5-6-9-8;1-2-4-6-7-5-3-1/h1-6H;1-6H. The Labute approximate surface area is 98.6 Å². The summed E-state index contributed by atoms with van der Waals surface area (Å²) in [6.45, 7) is 0. The van der Waals surface area contributed by atoms with Crippen molar-refractivity contribution in [3.05, 3.63) is 60.1 Å². The molecule has 1 N–H and O–H groups in total. The lowest BCUT2D eigenvalue weighted by Gasteiger charge is -1.82. The van der Waals surface area contributed by atoms with Gasteiger partial charge in [0.15, 0.2) is 0 Å². The lowest BCUT2D eigenvalue weighted by Crippen LogP contribution is -1.89. The van der Waals surface area contributed by atoms with Crippen LogP contribution in [0.1, 0.15) is 0 Å². The highest BCUT2D eigenvalue weighted by Gasteiger charge is 1.87. The molecule has 0 unspecified atom stereocenters. The summed E-state index contributed by atoms with van der Waals surface area (Å²) in [5, 5.41) is 7.19. The highest BCUT2D eigenvalue weighted by molar-refractivity contribution is 7.17. The third kappa shape index (κ3) is 3.07. The summed E-state index contributed by atoms with van der Waals surface area (Å²) in [5.74, 6) is 0. The molecule has 0 aliphatic carbocycles. The summed E-state index contributed by atoms with van der Waals surface area (Å²) < 4.78 is 1.37. The van der Waals surface area contributed by atoms with Gasteiger partial charge in [0.2, 0.25) is 0 Å². The molecule has 0 atom stereocenters. The molecule has 1 aromatic heterocycles. The fraction of sp³-hybridized carbons (Fsp3) is 0. The van der Waals surface area contributed by atoms with Gasteiger partial charge in [0.25, 0.3) is 0 Å². The second kappa shape index (κ2) is 5.88. The Balaban J connectivity index is 0.000000125. The number of fused-ring (bicyclic) bond motifs is 1. The van der Waals surface area contributed by atoms with Crippen LogP contribution in [0.5, 0.6) is 0 Å². The zero-order valence-electron chi connectivity index (χ0n) is 8.71. The van der Waals surface area contributed by atoms with E-state index in [0.717, 1.165) is 0 Å². The maximum Gasteiger partial charge on any atom is 0.0472 e. The molecule has 0 amide bonds. The van der Waals surface area contributed by atoms with E-state index in [-0.39, 0.29) is 0 Å². The van der Waals surface area contributed by atoms with Crippen LogP contribution in [-0.4, -0.2) is 6.21 Å². The minimum absolute atomic E-state index is 1.35. The zero-order valence-corrected chi connectivity index (χ0v) is 9.52. The summed E-state index contributed by atoms with van der Waals surface area (Å²) in [5.41, 5.74) is 2.67. The predicted molar refractivity (Wildman–Crippen MR) is 71.7 cm³/mol. The number of thiophene rings is 1. The van der Waals surface area contributed by atoms with E-state index in [1.165, 1.54) is 10.1 Å². The molecule has 0 saturated heterocycles. The van der Waals surface area contributed by atoms with Crippen LogP contribution in [0.25, 0.3) is 10.1 Å². The van der Waals surface area contributed by atoms with Crippen LogP contribution in [0.2, 0.25) is 0 Å². The smallest absolute Gasteiger partial charge is 0.0472 e. The van der Waals surface area contributed by atoms with Gasteiger partial charge < -0.3 is 0 Å². The molecule has 2 aromatic rings. The van der Waals surface area contributed by atoms with Crippen molar-refractivity contribution in [1.29, 1.82) is 0 Å². The number of hydrogen-bond acceptors (Lipinski definition) is 3. The molecule has 1 aliphatic rings. The molecular weight excluding hydrogens is 216 g/mol. The van der Waals surface area contributed by atoms with Gasteiger partial charge in [-0.2, -0.15) is 5.10 Å². The third-order valence-electron chi connectivity index (χ3n) is 1.99. The van der Waals surface area contributed by atoms with E-state index in [9.17, 15) is 0 Å². The molecule has 1 aliphatic heterocycles. The van der Waals surface area contributed by atoms with Crippen molar-refractivity contribution in [3.8, 4) is 0 Å². The number of hydrazone groups is 1. The van der Waals surface area contributed by atoms with Crippen LogP contribution in [0.3, 0.4) is 0 Å². The summed E-state index contributed by atoms with van der Waals surface area (Å²) in [4.78, 5) is 0. The van der Waals surface area contributed by atoms with Gasteiger partial charge in [-0.05, 0) is 35.1 Å². The highest BCUT2D eigenvalue weighted by Crippen LogP contribution is 2.18. The van der Waals surface area contributed by atoms with Gasteiger partial charge in [0, 0.05) is 17.1 Å². The van der Waals surface area contributed by atoms with E-state index < -0.39 is 0 Å². The number of benzene rings is 1. The molecule has 3 rings (SSSR count). The molecule has 0 radical (unpaired) electrons. The number of nitrogens with one attached hydrogen (secondary N) is 1. The van der Waals surface area contributed by atoms with Crippen LogP contribution in [-0.2, 0) is 0 Å². The summed E-state index contributed by atoms with van der Waals surface area (Å²) in [7, 11) is 0. The Hall–Kier alpha value is -1.87. The molecule has 1 aromatic carbocycles. The SMILES string of the molecule is C1=CC=NNC=C1.c1ccc2sccc2c1. The highest BCUT2D eigenvalue weighted by atomic mass is 32.1. The fourth-order valence-electron chi connectivity index (χ4n) is 1.25. The Morgan fingerprint density at radius 1 is 1.00 bits per heavy atom. The Bertz CT molecular complexity index is 479. The molecule has 16 heavy (non-hydrogen) atoms. The van der Waals surface area contributed by atoms with E-state index in [2.05, 4.69) is 46.2 Å². The average molecular weight is 228 g/mol. The van der Waals surface area contributed by atoms with Gasteiger partial charge >= 0.3 is 0 Å². The van der Waals surface area contributed by atoms with Crippen molar-refractivity contribution in [3.63, 3.8) is 0 Å². The van der Waals surface area contributed by atoms with Crippen molar-refractivity contribution in [2.45, 2.75) is 0 Å². The van der Waals surface area contributed by atoms with Crippen LogP contribution in [0.15, 0.2) is 65.2 Å². The zero-order chi connectivity index (χ0) is 11.1. The first kappa shape index (κ1) is 10.6. The van der Waals surface area contributed by atoms with Gasteiger partial charge in [-0.1, -0.05) is 24.3 Å². The van der Waals surface area contributed by atoms with Crippen molar-refractivity contribution in [1.82, 2.24) is 5.43 Å². The lowest BCUT2D eigenvalue weighted by atomic mass is 10.3. The van der Waals surface area contributed by atoms with Gasteiger partial charge in [-0.15, -0.1) is 11.3 Å². The van der Waals surface area contributed by atoms with Gasteiger partial charge in [-0.25, -0.2) is 0 Å². The minimum Gasteiger partial charge on any atom is -0.286 e. The fourth-order valence-corrected chi connectivity index (χ4v) is 2.04. The molecule has 80 valence electrons. The molecular formula is C13H12N2S. The van der Waals surface area contributed by atoms with E-state index in [1.54, 1.807) is 23.8 Å². The van der Waals surface area contributed by atoms with Gasteiger partial charge in [0.1, 0.15) is 0 Å². The summed E-state index contributed by atoms with van der Waals surface area (Å²) >= 11 is 1.79. The van der Waals surface area contributed by atoms with Crippen LogP contribution in [0, 0.1) is 0 Å². The molecule has 3 heteroatoms. The number of nitrogens with zero attached hydrogens (tertiary/aromatic N) is 1. The van der Waals surface area contributed by atoms with E-state index in [1.807, 2.05) is 18.2 Å². The first-order chi connectivity index (χ1) is 7.97. The van der Waals surface area contributed by atoms with Crippen molar-refractivity contribution in [2.75, 3.05) is 0 Å². The average Bonchev–Trinajstić information content (AvgIpc) is 2.61. The van der Waals surface area contributed by atoms with E-state index in [0.29, 0.717) is 0 Å². The first-order valence-electron chi connectivity index (χ1n) is 4.99. The molecule has 2 heterocycles. The maximum atomic E-state index is 3.72.